The number of benzene rings is 2. The van der Waals surface area contributed by atoms with E-state index in [2.05, 4.69) is 0 Å². The van der Waals surface area contributed by atoms with Crippen molar-refractivity contribution in [1.29, 1.82) is 0 Å². The van der Waals surface area contributed by atoms with Gasteiger partial charge in [-0.05, 0) is 35.0 Å². The summed E-state index contributed by atoms with van der Waals surface area (Å²) in [5.74, 6) is 0.623. The molecule has 0 unspecified atom stereocenters. The van der Waals surface area contributed by atoms with Crippen LogP contribution in [0, 0.1) is 0 Å². The van der Waals surface area contributed by atoms with E-state index >= 15 is 0 Å². The molecule has 0 bridgehead atoms. The summed E-state index contributed by atoms with van der Waals surface area (Å²) in [5, 5.41) is 2.26. The van der Waals surface area contributed by atoms with Crippen LogP contribution in [0.25, 0.3) is 10.8 Å². The number of aromatic nitrogens is 1. The van der Waals surface area contributed by atoms with Gasteiger partial charge in [-0.25, -0.2) is 0 Å². The Morgan fingerprint density at radius 2 is 1.68 bits per heavy atom. The van der Waals surface area contributed by atoms with Crippen LogP contribution in [0.5, 0.6) is 5.75 Å². The van der Waals surface area contributed by atoms with E-state index in [0.717, 1.165) is 10.8 Å². The quantitative estimate of drug-likeness (QED) is 0.714. The van der Waals surface area contributed by atoms with Gasteiger partial charge in [-0.1, -0.05) is 30.3 Å². The van der Waals surface area contributed by atoms with Crippen LogP contribution >= 0.6 is 0 Å². The largest absolute Gasteiger partial charge is 0.484 e. The van der Waals surface area contributed by atoms with E-state index in [1.165, 1.54) is 4.57 Å². The fourth-order valence-corrected chi connectivity index (χ4v) is 1.98. The predicted molar refractivity (Wildman–Crippen MR) is 74.5 cm³/mol. The Morgan fingerprint density at radius 3 is 2.47 bits per heavy atom. The summed E-state index contributed by atoms with van der Waals surface area (Å²) in [7, 11) is 0. The number of carbonyl (C=O) groups excluding carboxylic acids is 1. The minimum atomic E-state index is -0.0850. The van der Waals surface area contributed by atoms with Crippen molar-refractivity contribution in [2.45, 2.75) is 0 Å². The number of carbonyl (C=O) groups is 1. The zero-order chi connectivity index (χ0) is 13.1. The maximum absolute atomic E-state index is 11.8. The van der Waals surface area contributed by atoms with Crippen molar-refractivity contribution in [2.75, 3.05) is 6.61 Å². The molecule has 0 atom stereocenters. The minimum absolute atomic E-state index is 0.0347. The molecule has 0 fully saturated rings. The van der Waals surface area contributed by atoms with Crippen LogP contribution in [0.1, 0.15) is 4.79 Å². The SMILES string of the molecule is O=C(COc1ccc2ccccc2c1)n1cccc1. The first-order valence-electron chi connectivity index (χ1n) is 6.11. The molecule has 3 nitrogen and oxygen atoms in total. The molecule has 19 heavy (non-hydrogen) atoms. The lowest BCUT2D eigenvalue weighted by Gasteiger charge is -2.07. The van der Waals surface area contributed by atoms with E-state index in [-0.39, 0.29) is 12.5 Å². The van der Waals surface area contributed by atoms with E-state index in [9.17, 15) is 4.79 Å². The topological polar surface area (TPSA) is 31.2 Å². The Labute approximate surface area is 111 Å². The molecule has 0 amide bonds. The second kappa shape index (κ2) is 4.98. The Kier molecular flexibility index (Phi) is 3.02. The van der Waals surface area contributed by atoms with Crippen molar-refractivity contribution in [2.24, 2.45) is 0 Å². The highest BCUT2D eigenvalue weighted by molar-refractivity contribution is 5.84. The Bertz CT molecular complexity index is 702. The maximum atomic E-state index is 11.8. The lowest BCUT2D eigenvalue weighted by Crippen LogP contribution is -2.17. The predicted octanol–water partition coefficient (Wildman–Crippen LogP) is 3.36. The number of hydrogen-bond donors (Lipinski definition) is 0. The Hall–Kier alpha value is -2.55. The Balaban J connectivity index is 1.73. The number of ether oxygens (including phenoxy) is 1. The van der Waals surface area contributed by atoms with Crippen LogP contribution in [0.15, 0.2) is 67.0 Å². The second-order valence-corrected chi connectivity index (χ2v) is 4.28. The molecule has 0 aliphatic rings. The normalized spacial score (nSPS) is 10.5. The minimum Gasteiger partial charge on any atom is -0.484 e. The first kappa shape index (κ1) is 11.5. The average Bonchev–Trinajstić information content (AvgIpc) is 2.99. The summed E-state index contributed by atoms with van der Waals surface area (Å²) in [6.45, 7) is 0.0347. The third-order valence-corrected chi connectivity index (χ3v) is 2.98. The molecular formula is C16H13NO2. The number of fused-ring (bicyclic) bond motifs is 1. The lowest BCUT2D eigenvalue weighted by atomic mass is 10.1. The van der Waals surface area contributed by atoms with Gasteiger partial charge in [0.05, 0.1) is 0 Å². The summed E-state index contributed by atoms with van der Waals surface area (Å²) in [4.78, 5) is 11.8. The van der Waals surface area contributed by atoms with Gasteiger partial charge in [0, 0.05) is 12.4 Å². The van der Waals surface area contributed by atoms with Crippen molar-refractivity contribution < 1.29 is 9.53 Å². The average molecular weight is 251 g/mol. The van der Waals surface area contributed by atoms with Crippen molar-refractivity contribution in [1.82, 2.24) is 4.57 Å². The fraction of sp³-hybridized carbons (Fsp3) is 0.0625. The van der Waals surface area contributed by atoms with E-state index in [1.807, 2.05) is 54.6 Å². The van der Waals surface area contributed by atoms with Gasteiger partial charge in [0.2, 0.25) is 0 Å². The molecule has 1 heterocycles. The van der Waals surface area contributed by atoms with Gasteiger partial charge in [-0.15, -0.1) is 0 Å². The van der Waals surface area contributed by atoms with Crippen molar-refractivity contribution in [3.63, 3.8) is 0 Å². The molecule has 0 N–H and O–H groups in total. The highest BCUT2D eigenvalue weighted by atomic mass is 16.5. The molecule has 0 aliphatic carbocycles. The van der Waals surface area contributed by atoms with E-state index in [1.54, 1.807) is 12.4 Å². The zero-order valence-corrected chi connectivity index (χ0v) is 10.3. The van der Waals surface area contributed by atoms with Gasteiger partial charge in [0.25, 0.3) is 5.91 Å². The van der Waals surface area contributed by atoms with Crippen LogP contribution < -0.4 is 4.74 Å². The van der Waals surface area contributed by atoms with Gasteiger partial charge in [0.1, 0.15) is 5.75 Å². The van der Waals surface area contributed by atoms with E-state index < -0.39 is 0 Å². The molecule has 0 radical (unpaired) electrons. The molecule has 2 aromatic carbocycles. The smallest absolute Gasteiger partial charge is 0.268 e. The number of hydrogen-bond acceptors (Lipinski definition) is 2. The maximum Gasteiger partial charge on any atom is 0.268 e. The van der Waals surface area contributed by atoms with Crippen LogP contribution in [-0.4, -0.2) is 17.1 Å². The van der Waals surface area contributed by atoms with Crippen LogP contribution in [0.4, 0.5) is 0 Å². The number of rotatable bonds is 3. The fourth-order valence-electron chi connectivity index (χ4n) is 1.98. The van der Waals surface area contributed by atoms with Crippen LogP contribution in [0.2, 0.25) is 0 Å². The lowest BCUT2D eigenvalue weighted by molar-refractivity contribution is 0.0838. The summed E-state index contributed by atoms with van der Waals surface area (Å²) >= 11 is 0. The summed E-state index contributed by atoms with van der Waals surface area (Å²) < 4.78 is 7.04. The first-order chi connectivity index (χ1) is 9.33. The monoisotopic (exact) mass is 251 g/mol. The first-order valence-corrected chi connectivity index (χ1v) is 6.11. The van der Waals surface area contributed by atoms with Crippen molar-refractivity contribution in [3.05, 3.63) is 67.0 Å². The molecule has 3 heteroatoms. The standard InChI is InChI=1S/C16H13NO2/c18-16(17-9-3-4-10-17)12-19-15-8-7-13-5-1-2-6-14(13)11-15/h1-11H,12H2. The second-order valence-electron chi connectivity index (χ2n) is 4.28. The molecule has 0 saturated carbocycles. The number of nitrogens with zero attached hydrogens (tertiary/aromatic N) is 1. The van der Waals surface area contributed by atoms with Crippen molar-refractivity contribution in [3.8, 4) is 5.75 Å². The molecule has 0 aliphatic heterocycles. The molecule has 3 aromatic rings. The van der Waals surface area contributed by atoms with Gasteiger partial charge in [-0.2, -0.15) is 0 Å². The molecule has 0 saturated heterocycles. The van der Waals surface area contributed by atoms with Gasteiger partial charge < -0.3 is 4.74 Å². The van der Waals surface area contributed by atoms with E-state index in [4.69, 9.17) is 4.74 Å². The summed E-state index contributed by atoms with van der Waals surface area (Å²) in [6, 6.07) is 17.5. The van der Waals surface area contributed by atoms with E-state index in [0.29, 0.717) is 5.75 Å². The van der Waals surface area contributed by atoms with Crippen molar-refractivity contribution >= 4 is 16.7 Å². The van der Waals surface area contributed by atoms with Crippen LogP contribution in [0.3, 0.4) is 0 Å². The van der Waals surface area contributed by atoms with Gasteiger partial charge >= 0.3 is 0 Å². The van der Waals surface area contributed by atoms with Gasteiger partial charge in [0.15, 0.2) is 6.61 Å². The molecular weight excluding hydrogens is 238 g/mol. The summed E-state index contributed by atoms with van der Waals surface area (Å²) in [5.41, 5.74) is 0. The molecule has 3 rings (SSSR count). The third kappa shape index (κ3) is 2.50. The highest BCUT2D eigenvalue weighted by Crippen LogP contribution is 2.20. The highest BCUT2D eigenvalue weighted by Gasteiger charge is 2.04. The van der Waals surface area contributed by atoms with Gasteiger partial charge in [-0.3, -0.25) is 9.36 Å². The summed E-state index contributed by atoms with van der Waals surface area (Å²) in [6.07, 6.45) is 3.43. The van der Waals surface area contributed by atoms with Crippen LogP contribution in [-0.2, 0) is 0 Å². The molecule has 1 aromatic heterocycles. The zero-order valence-electron chi connectivity index (χ0n) is 10.3. The molecule has 94 valence electrons. The molecule has 0 spiro atoms. The Morgan fingerprint density at radius 1 is 0.947 bits per heavy atom. The third-order valence-electron chi connectivity index (χ3n) is 2.98.